The number of alkyl halides is 9. The number of thiazole rings is 1. The van der Waals surface area contributed by atoms with E-state index in [0.29, 0.717) is 17.7 Å². The maximum atomic E-state index is 17.0. The molecule has 17 nitrogen and oxygen atoms in total. The van der Waals surface area contributed by atoms with Gasteiger partial charge in [-0.25, -0.2) is 19.6 Å². The van der Waals surface area contributed by atoms with Crippen LogP contribution >= 0.6 is 11.3 Å². The van der Waals surface area contributed by atoms with E-state index >= 15 is 17.6 Å². The second kappa shape index (κ2) is 24.2. The summed E-state index contributed by atoms with van der Waals surface area (Å²) in [5.41, 5.74) is 2.80. The Bertz CT molecular complexity index is 2930. The van der Waals surface area contributed by atoms with E-state index in [1.165, 1.54) is 56.4 Å². The zero-order valence-electron chi connectivity index (χ0n) is 46.0. The third-order valence-electron chi connectivity index (χ3n) is 15.1. The second-order valence-corrected chi connectivity index (χ2v) is 23.3. The summed E-state index contributed by atoms with van der Waals surface area (Å²) in [4.78, 5) is 73.3. The van der Waals surface area contributed by atoms with E-state index in [4.69, 9.17) is 19.4 Å². The van der Waals surface area contributed by atoms with Gasteiger partial charge in [0.2, 0.25) is 5.91 Å². The molecule has 28 heteroatoms. The first-order valence-electron chi connectivity index (χ1n) is 26.7. The molecular weight excluding hydrogens is 1110 g/mol. The van der Waals surface area contributed by atoms with E-state index in [2.05, 4.69) is 10.7 Å². The number of hydrogen-bond acceptors (Lipinski definition) is 13. The highest BCUT2D eigenvalue weighted by Gasteiger charge is 2.42. The highest BCUT2D eigenvalue weighted by molar-refractivity contribution is 7.10. The van der Waals surface area contributed by atoms with Crippen LogP contribution < -0.4 is 15.6 Å². The van der Waals surface area contributed by atoms with Crippen LogP contribution in [0.4, 0.5) is 54.4 Å². The van der Waals surface area contributed by atoms with Gasteiger partial charge in [0.15, 0.2) is 0 Å². The van der Waals surface area contributed by atoms with Crippen LogP contribution in [0.15, 0.2) is 29.8 Å². The Balaban J connectivity index is 1.20. The molecule has 8 rings (SSSR count). The largest absolute Gasteiger partial charge is 0.464 e. The number of benzene rings is 1. The number of ether oxygens (including phenoxy) is 2. The van der Waals surface area contributed by atoms with Crippen LogP contribution in [0.1, 0.15) is 69.8 Å². The van der Waals surface area contributed by atoms with Gasteiger partial charge in [-0.05, 0) is 55.9 Å². The summed E-state index contributed by atoms with van der Waals surface area (Å²) in [6, 6.07) is -0.280. The monoisotopic (exact) mass is 1180 g/mol. The third kappa shape index (κ3) is 14.7. The molecule has 0 saturated carbocycles. The van der Waals surface area contributed by atoms with Crippen molar-refractivity contribution in [2.24, 2.45) is 11.3 Å². The molecule has 0 spiro atoms. The number of nitrogens with zero attached hydrogens (tertiary/aromatic N) is 9. The number of carbonyl (C=O) groups is 4. The fourth-order valence-electron chi connectivity index (χ4n) is 11.1. The number of likely N-dealkylation sites (N-methyl/N-ethyl adjacent to an activating group) is 1. The molecule has 4 aliphatic rings. The number of hydrazine groups is 1. The van der Waals surface area contributed by atoms with Crippen LogP contribution in [0.5, 0.6) is 0 Å². The van der Waals surface area contributed by atoms with Gasteiger partial charge in [-0.15, -0.1) is 11.3 Å². The lowest BCUT2D eigenvalue weighted by molar-refractivity contribution is -0.155. The van der Waals surface area contributed by atoms with Gasteiger partial charge in [0.1, 0.15) is 30.5 Å². The number of pyridine rings is 1. The summed E-state index contributed by atoms with van der Waals surface area (Å²) < 4.78 is 154. The number of nitrogens with one attached hydrogen (secondary N) is 2. The zero-order valence-corrected chi connectivity index (χ0v) is 46.8. The number of methoxy groups -OCH3 is 1. The molecule has 0 aliphatic carbocycles. The molecule has 1 aromatic carbocycles. The SMILES string of the molecule is CO[C@@H](C)c1ncc(N2CCN(CC(F)(F)F)CC2)cc1-c1c2c3cc(c(F)cc3n1CC(F)(F)F)-c1csc(n1)C[C@H](NC(=O)[C@H](C(C)C)N(C)C(=O)N1CCN(CC(F)(F)F)CC1)C(=O)N1CCC[C@H](N1)C(=O)OCC(C)(C)C2. The maximum absolute atomic E-state index is 17.0. The fraction of sp³-hybridized carbons (Fsp3) is 0.623. The van der Waals surface area contributed by atoms with Gasteiger partial charge in [-0.3, -0.25) is 34.2 Å². The van der Waals surface area contributed by atoms with Gasteiger partial charge in [0, 0.05) is 107 Å². The van der Waals surface area contributed by atoms with Crippen molar-refractivity contribution < 1.29 is 72.6 Å². The molecule has 81 heavy (non-hydrogen) atoms. The van der Waals surface area contributed by atoms with Crippen LogP contribution in [0.2, 0.25) is 0 Å². The zero-order chi connectivity index (χ0) is 59.1. The van der Waals surface area contributed by atoms with Crippen molar-refractivity contribution in [2.45, 2.75) is 110 Å². The Kier molecular flexibility index (Phi) is 18.3. The van der Waals surface area contributed by atoms with Crippen molar-refractivity contribution in [1.29, 1.82) is 0 Å². The van der Waals surface area contributed by atoms with Crippen molar-refractivity contribution in [2.75, 3.05) is 97.7 Å². The van der Waals surface area contributed by atoms with Crippen molar-refractivity contribution in [1.82, 2.24) is 49.9 Å². The molecule has 3 saturated heterocycles. The van der Waals surface area contributed by atoms with E-state index in [9.17, 15) is 45.5 Å². The van der Waals surface area contributed by atoms with Crippen LogP contribution in [0.3, 0.4) is 0 Å². The molecule has 7 heterocycles. The van der Waals surface area contributed by atoms with Crippen LogP contribution in [-0.2, 0) is 43.2 Å². The number of rotatable bonds is 11. The number of anilines is 1. The molecule has 2 N–H and O–H groups in total. The Morgan fingerprint density at radius 3 is 2.12 bits per heavy atom. The molecule has 3 aromatic heterocycles. The van der Waals surface area contributed by atoms with E-state index in [0.717, 1.165) is 22.0 Å². The lowest BCUT2D eigenvalue weighted by Gasteiger charge is -2.40. The molecule has 4 aromatic rings. The van der Waals surface area contributed by atoms with E-state index in [1.807, 2.05) is 0 Å². The molecule has 446 valence electrons. The summed E-state index contributed by atoms with van der Waals surface area (Å²) in [6.07, 6.45) is -12.9. The number of urea groups is 1. The molecule has 4 atom stereocenters. The minimum absolute atomic E-state index is 0.00726. The minimum Gasteiger partial charge on any atom is -0.464 e. The van der Waals surface area contributed by atoms with Gasteiger partial charge in [0.25, 0.3) is 5.91 Å². The van der Waals surface area contributed by atoms with Crippen molar-refractivity contribution in [3.63, 3.8) is 0 Å². The van der Waals surface area contributed by atoms with E-state index in [-0.39, 0.29) is 129 Å². The highest BCUT2D eigenvalue weighted by atomic mass is 32.1. The Morgan fingerprint density at radius 2 is 1.52 bits per heavy atom. The lowest BCUT2D eigenvalue weighted by Crippen LogP contribution is -2.63. The molecule has 4 amide bonds. The predicted molar refractivity (Wildman–Crippen MR) is 280 cm³/mol. The van der Waals surface area contributed by atoms with Crippen molar-refractivity contribution in [3.05, 3.63) is 51.9 Å². The van der Waals surface area contributed by atoms with E-state index < -0.39 is 103 Å². The molecule has 4 aliphatic heterocycles. The second-order valence-electron chi connectivity index (χ2n) is 22.4. The summed E-state index contributed by atoms with van der Waals surface area (Å²) >= 11 is 1.01. The first-order chi connectivity index (χ1) is 37.9. The van der Waals surface area contributed by atoms with Crippen LogP contribution in [0, 0.1) is 17.2 Å². The van der Waals surface area contributed by atoms with E-state index in [1.54, 1.807) is 45.6 Å². The fourth-order valence-corrected chi connectivity index (χ4v) is 12.0. The van der Waals surface area contributed by atoms with Gasteiger partial charge in [-0.1, -0.05) is 27.7 Å². The normalized spacial score (nSPS) is 21.0. The van der Waals surface area contributed by atoms with Crippen LogP contribution in [-0.4, -0.2) is 192 Å². The van der Waals surface area contributed by atoms with Gasteiger partial charge in [0.05, 0.1) is 65.3 Å². The number of fused-ring (bicyclic) bond motifs is 6. The Hall–Kier alpha value is -5.84. The number of hydrogen-bond donors (Lipinski definition) is 2. The first-order valence-corrected chi connectivity index (χ1v) is 27.6. The number of aromatic nitrogens is 3. The summed E-state index contributed by atoms with van der Waals surface area (Å²) in [7, 11) is 2.78. The third-order valence-corrected chi connectivity index (χ3v) is 16.0. The average molecular weight is 1180 g/mol. The number of amides is 4. The number of piperazine rings is 2. The van der Waals surface area contributed by atoms with Gasteiger partial charge >= 0.3 is 30.5 Å². The van der Waals surface area contributed by atoms with Gasteiger partial charge < -0.3 is 34.1 Å². The Morgan fingerprint density at radius 1 is 0.889 bits per heavy atom. The summed E-state index contributed by atoms with van der Waals surface area (Å²) in [6.45, 7) is 4.65. The molecule has 6 bridgehead atoms. The van der Waals surface area contributed by atoms with Crippen molar-refractivity contribution in [3.8, 4) is 22.5 Å². The predicted octanol–water partition coefficient (Wildman–Crippen LogP) is 7.82. The standard InChI is InChI=1S/C53H67F10N11O6S/c1-30(2)44(68(6)49(78)72-17-13-70(14-18-72)27-52(58,59)60)46(75)66-39-22-42-65-40(25-81-42)34-20-33-36(23-50(4,5)29-80-48(77)38-9-8-10-74(67-38)47(39)76)45(73(28-53(61,62)63)41(33)21-37(34)54)35-19-32(24-64-43(35)31(3)79-7)71-15-11-69(12-16-71)26-51(55,56)57/h19-21,24-25,30-31,38-39,44,67H,8-18,22-23,26-29H2,1-7H3,(H,66,75)/t31-,38-,39-,44-/m0/s1. The smallest absolute Gasteiger partial charge is 0.406 e. The molecular formula is C53H67F10N11O6S. The van der Waals surface area contributed by atoms with Crippen molar-refractivity contribution >= 4 is 51.7 Å². The number of cyclic esters (lactones) is 1. The highest BCUT2D eigenvalue weighted by Crippen LogP contribution is 2.45. The average Bonchev–Trinajstić information content (AvgIpc) is 3.97. The number of esters is 1. The molecule has 0 unspecified atom stereocenters. The molecule has 3 fully saturated rings. The Labute approximate surface area is 465 Å². The first kappa shape index (κ1) is 61.2. The summed E-state index contributed by atoms with van der Waals surface area (Å²) in [5.74, 6) is -3.69. The number of halogens is 10. The lowest BCUT2D eigenvalue weighted by atomic mass is 9.84. The summed E-state index contributed by atoms with van der Waals surface area (Å²) in [5, 5.41) is 5.91. The van der Waals surface area contributed by atoms with Gasteiger partial charge in [-0.2, -0.15) is 39.5 Å². The van der Waals surface area contributed by atoms with Crippen LogP contribution in [0.25, 0.3) is 33.4 Å². The molecule has 0 radical (unpaired) electrons. The topological polar surface area (TPSA) is 161 Å². The number of carbonyl (C=O) groups excluding carboxylic acids is 4. The quantitative estimate of drug-likeness (QED) is 0.111. The minimum atomic E-state index is -4.87. The maximum Gasteiger partial charge on any atom is 0.406 e.